The second-order valence-corrected chi connectivity index (χ2v) is 5.49. The van der Waals surface area contributed by atoms with E-state index in [-0.39, 0.29) is 0 Å². The lowest BCUT2D eigenvalue weighted by molar-refractivity contribution is 0.416. The van der Waals surface area contributed by atoms with Crippen LogP contribution in [0.5, 0.6) is 5.75 Å². The molecule has 0 aliphatic heterocycles. The highest BCUT2D eigenvalue weighted by molar-refractivity contribution is 14.1. The van der Waals surface area contributed by atoms with E-state index in [0.29, 0.717) is 0 Å². The highest BCUT2D eigenvalue weighted by atomic mass is 127. The van der Waals surface area contributed by atoms with Crippen molar-refractivity contribution >= 4 is 59.9 Å². The molecule has 2 aromatic rings. The lowest BCUT2D eigenvalue weighted by atomic mass is 10.1. The summed E-state index contributed by atoms with van der Waals surface area (Å²) in [6, 6.07) is 4.29. The molecular formula is C10H8BrIOS. The Kier molecular flexibility index (Phi) is 3.34. The third-order valence-corrected chi connectivity index (χ3v) is 4.84. The van der Waals surface area contributed by atoms with Gasteiger partial charge < -0.3 is 4.74 Å². The molecular weight excluding hydrogens is 375 g/mol. The fourth-order valence-corrected chi connectivity index (χ4v) is 3.73. The smallest absolute Gasteiger partial charge is 0.131 e. The van der Waals surface area contributed by atoms with Gasteiger partial charge in [-0.05, 0) is 40.1 Å². The summed E-state index contributed by atoms with van der Waals surface area (Å²) < 4.78 is 8.04. The van der Waals surface area contributed by atoms with E-state index in [1.807, 2.05) is 0 Å². The van der Waals surface area contributed by atoms with Crippen molar-refractivity contribution in [3.8, 4) is 5.75 Å². The summed E-state index contributed by atoms with van der Waals surface area (Å²) in [5.41, 5.74) is 1.21. The van der Waals surface area contributed by atoms with Gasteiger partial charge in [0.2, 0.25) is 0 Å². The van der Waals surface area contributed by atoms with E-state index in [4.69, 9.17) is 4.74 Å². The number of hydrogen-bond donors (Lipinski definition) is 0. The molecule has 4 heteroatoms. The molecule has 0 atom stereocenters. The van der Waals surface area contributed by atoms with Gasteiger partial charge in [-0.1, -0.05) is 15.9 Å². The molecule has 0 saturated carbocycles. The third-order valence-electron chi connectivity index (χ3n) is 2.07. The minimum absolute atomic E-state index is 0.831. The van der Waals surface area contributed by atoms with Crippen molar-refractivity contribution in [3.63, 3.8) is 0 Å². The first kappa shape index (κ1) is 10.7. The van der Waals surface area contributed by atoms with Crippen LogP contribution in [0.3, 0.4) is 0 Å². The second-order valence-electron chi connectivity index (χ2n) is 2.85. The van der Waals surface area contributed by atoms with Crippen LogP contribution in [0.4, 0.5) is 0 Å². The zero-order valence-electron chi connectivity index (χ0n) is 7.51. The average Bonchev–Trinajstić information content (AvgIpc) is 2.66. The van der Waals surface area contributed by atoms with E-state index in [0.717, 1.165) is 11.1 Å². The predicted molar refractivity (Wildman–Crippen MR) is 73.7 cm³/mol. The molecule has 14 heavy (non-hydrogen) atoms. The van der Waals surface area contributed by atoms with Gasteiger partial charge in [0.1, 0.15) is 5.75 Å². The second kappa shape index (κ2) is 4.37. The highest BCUT2D eigenvalue weighted by Crippen LogP contribution is 2.37. The lowest BCUT2D eigenvalue weighted by Crippen LogP contribution is -1.91. The van der Waals surface area contributed by atoms with Crippen LogP contribution in [0, 0.1) is 3.57 Å². The molecule has 0 aliphatic rings. The van der Waals surface area contributed by atoms with Gasteiger partial charge in [0.15, 0.2) is 0 Å². The predicted octanol–water partition coefficient (Wildman–Crippen LogP) is 4.41. The Labute approximate surface area is 109 Å². The molecule has 0 N–H and O–H groups in total. The van der Waals surface area contributed by atoms with E-state index in [1.54, 1.807) is 18.4 Å². The van der Waals surface area contributed by atoms with Crippen molar-refractivity contribution in [3.05, 3.63) is 26.6 Å². The van der Waals surface area contributed by atoms with Crippen LogP contribution < -0.4 is 4.74 Å². The number of fused-ring (bicyclic) bond motifs is 1. The lowest BCUT2D eigenvalue weighted by Gasteiger charge is -2.08. The number of alkyl halides is 1. The average molecular weight is 383 g/mol. The van der Waals surface area contributed by atoms with E-state index in [9.17, 15) is 0 Å². The molecule has 0 saturated heterocycles. The van der Waals surface area contributed by atoms with Crippen molar-refractivity contribution in [2.24, 2.45) is 0 Å². The topological polar surface area (TPSA) is 9.23 Å². The quantitative estimate of drug-likeness (QED) is 0.552. The number of rotatable bonds is 2. The first-order valence-electron chi connectivity index (χ1n) is 4.06. The Balaban J connectivity index is 2.82. The first-order valence-corrected chi connectivity index (χ1v) is 7.14. The fraction of sp³-hybridized carbons (Fsp3) is 0.200. The standard InChI is InChI=1S/C10H8BrIOS/c1-13-9-6(5-11)4-8(12)10-7(9)2-3-14-10/h2-4H,5H2,1H3. The number of thiophene rings is 1. The normalized spacial score (nSPS) is 10.8. The van der Waals surface area contributed by atoms with Gasteiger partial charge in [-0.25, -0.2) is 0 Å². The maximum atomic E-state index is 5.44. The minimum Gasteiger partial charge on any atom is -0.496 e. The molecule has 0 amide bonds. The molecule has 74 valence electrons. The van der Waals surface area contributed by atoms with Crippen molar-refractivity contribution in [1.29, 1.82) is 0 Å². The molecule has 0 bridgehead atoms. The van der Waals surface area contributed by atoms with Crippen LogP contribution in [0.2, 0.25) is 0 Å². The molecule has 1 heterocycles. The number of methoxy groups -OCH3 is 1. The molecule has 1 aromatic heterocycles. The van der Waals surface area contributed by atoms with Crippen molar-refractivity contribution < 1.29 is 4.74 Å². The van der Waals surface area contributed by atoms with Gasteiger partial charge in [-0.3, -0.25) is 0 Å². The zero-order chi connectivity index (χ0) is 10.1. The summed E-state index contributed by atoms with van der Waals surface area (Å²) in [5.74, 6) is 0.999. The maximum absolute atomic E-state index is 5.44. The minimum atomic E-state index is 0.831. The van der Waals surface area contributed by atoms with Gasteiger partial charge in [0, 0.05) is 19.8 Å². The Morgan fingerprint density at radius 1 is 1.57 bits per heavy atom. The summed E-state index contributed by atoms with van der Waals surface area (Å²) in [7, 11) is 1.73. The number of benzene rings is 1. The van der Waals surface area contributed by atoms with E-state index >= 15 is 0 Å². The SMILES string of the molecule is COc1c(CBr)cc(I)c2sccc12. The molecule has 0 fully saturated rings. The van der Waals surface area contributed by atoms with Gasteiger partial charge in [0.05, 0.1) is 11.8 Å². The van der Waals surface area contributed by atoms with Crippen LogP contribution >= 0.6 is 49.9 Å². The summed E-state index contributed by atoms with van der Waals surface area (Å²) in [6.45, 7) is 0. The molecule has 0 aliphatic carbocycles. The Hall–Kier alpha value is 0.190. The number of ether oxygens (including phenoxy) is 1. The third kappa shape index (κ3) is 1.67. The van der Waals surface area contributed by atoms with Gasteiger partial charge in [-0.2, -0.15) is 0 Å². The first-order chi connectivity index (χ1) is 6.77. The van der Waals surface area contributed by atoms with Crippen LogP contribution in [0.15, 0.2) is 17.5 Å². The Morgan fingerprint density at radius 3 is 3.00 bits per heavy atom. The van der Waals surface area contributed by atoms with Gasteiger partial charge in [0.25, 0.3) is 0 Å². The van der Waals surface area contributed by atoms with Gasteiger partial charge in [-0.15, -0.1) is 11.3 Å². The Bertz CT molecular complexity index is 466. The van der Waals surface area contributed by atoms with Crippen molar-refractivity contribution in [2.45, 2.75) is 5.33 Å². The number of halogens is 2. The van der Waals surface area contributed by atoms with E-state index in [1.165, 1.54) is 19.2 Å². The molecule has 0 unspecified atom stereocenters. The van der Waals surface area contributed by atoms with Gasteiger partial charge >= 0.3 is 0 Å². The maximum Gasteiger partial charge on any atom is 0.131 e. The highest BCUT2D eigenvalue weighted by Gasteiger charge is 2.11. The van der Waals surface area contributed by atoms with Crippen LogP contribution in [0.1, 0.15) is 5.56 Å². The number of hydrogen-bond acceptors (Lipinski definition) is 2. The molecule has 1 nitrogen and oxygen atoms in total. The summed E-state index contributed by atoms with van der Waals surface area (Å²) in [5, 5.41) is 4.16. The van der Waals surface area contributed by atoms with Crippen LogP contribution in [-0.4, -0.2) is 7.11 Å². The Morgan fingerprint density at radius 2 is 2.36 bits per heavy atom. The fourth-order valence-electron chi connectivity index (χ4n) is 1.47. The van der Waals surface area contributed by atoms with Crippen molar-refractivity contribution in [2.75, 3.05) is 7.11 Å². The molecule has 0 spiro atoms. The van der Waals surface area contributed by atoms with E-state index < -0.39 is 0 Å². The van der Waals surface area contributed by atoms with E-state index in [2.05, 4.69) is 56.0 Å². The van der Waals surface area contributed by atoms with Crippen LogP contribution in [0.25, 0.3) is 10.1 Å². The summed E-state index contributed by atoms with van der Waals surface area (Å²) >= 11 is 7.61. The summed E-state index contributed by atoms with van der Waals surface area (Å²) in [4.78, 5) is 0. The van der Waals surface area contributed by atoms with Crippen molar-refractivity contribution in [1.82, 2.24) is 0 Å². The zero-order valence-corrected chi connectivity index (χ0v) is 12.1. The largest absolute Gasteiger partial charge is 0.496 e. The molecule has 2 rings (SSSR count). The molecule has 1 aromatic carbocycles. The summed E-state index contributed by atoms with van der Waals surface area (Å²) in [6.07, 6.45) is 0. The van der Waals surface area contributed by atoms with Crippen LogP contribution in [-0.2, 0) is 5.33 Å². The molecule has 0 radical (unpaired) electrons. The monoisotopic (exact) mass is 382 g/mol.